The minimum atomic E-state index is -0.824. The Hall–Kier alpha value is -1.64. The number of carbonyl (C=O) groups excluding carboxylic acids is 2. The van der Waals surface area contributed by atoms with Crippen LogP contribution in [0, 0.1) is 6.92 Å². The molecular formula is C18H22O3. The lowest BCUT2D eigenvalue weighted by Crippen LogP contribution is -2.39. The molecule has 1 aliphatic carbocycles. The SMILES string of the molecule is CCc1cc(C)ccc1C1C(=O)OC2(CCCCC2)C1=O. The maximum absolute atomic E-state index is 12.9. The summed E-state index contributed by atoms with van der Waals surface area (Å²) in [6.45, 7) is 4.08. The highest BCUT2D eigenvalue weighted by molar-refractivity contribution is 6.13. The summed E-state index contributed by atoms with van der Waals surface area (Å²) in [5.74, 6) is -1.06. The summed E-state index contributed by atoms with van der Waals surface area (Å²) < 4.78 is 5.61. The number of rotatable bonds is 2. The molecule has 1 aliphatic heterocycles. The predicted octanol–water partition coefficient (Wildman–Crippen LogP) is 3.47. The fourth-order valence-electron chi connectivity index (χ4n) is 3.73. The van der Waals surface area contributed by atoms with Crippen molar-refractivity contribution < 1.29 is 14.3 Å². The van der Waals surface area contributed by atoms with Crippen LogP contribution < -0.4 is 0 Å². The average molecular weight is 286 g/mol. The molecule has 1 unspecified atom stereocenters. The predicted molar refractivity (Wildman–Crippen MR) is 80.2 cm³/mol. The molecule has 3 rings (SSSR count). The summed E-state index contributed by atoms with van der Waals surface area (Å²) in [6.07, 6.45) is 5.28. The maximum atomic E-state index is 12.9. The van der Waals surface area contributed by atoms with E-state index < -0.39 is 11.5 Å². The number of hydrogen-bond donors (Lipinski definition) is 0. The quantitative estimate of drug-likeness (QED) is 0.617. The van der Waals surface area contributed by atoms with Crippen LogP contribution in [0.4, 0.5) is 0 Å². The van der Waals surface area contributed by atoms with Crippen LogP contribution in [0.3, 0.4) is 0 Å². The van der Waals surface area contributed by atoms with Crippen molar-refractivity contribution >= 4 is 11.8 Å². The van der Waals surface area contributed by atoms with Gasteiger partial charge in [0.05, 0.1) is 0 Å². The van der Waals surface area contributed by atoms with Crippen LogP contribution in [0.1, 0.15) is 61.6 Å². The highest BCUT2D eigenvalue weighted by Crippen LogP contribution is 2.43. The highest BCUT2D eigenvalue weighted by atomic mass is 16.6. The molecule has 112 valence electrons. The van der Waals surface area contributed by atoms with Crippen LogP contribution >= 0.6 is 0 Å². The Morgan fingerprint density at radius 3 is 2.57 bits per heavy atom. The monoisotopic (exact) mass is 286 g/mol. The number of ether oxygens (including phenoxy) is 1. The summed E-state index contributed by atoms with van der Waals surface area (Å²) in [5.41, 5.74) is 2.26. The zero-order valence-electron chi connectivity index (χ0n) is 12.8. The molecule has 1 aromatic carbocycles. The summed E-state index contributed by atoms with van der Waals surface area (Å²) in [5, 5.41) is 0. The van der Waals surface area contributed by atoms with E-state index in [0.717, 1.165) is 42.4 Å². The summed E-state index contributed by atoms with van der Waals surface area (Å²) in [4.78, 5) is 25.3. The second-order valence-corrected chi connectivity index (χ2v) is 6.33. The maximum Gasteiger partial charge on any atom is 0.322 e. The van der Waals surface area contributed by atoms with Gasteiger partial charge >= 0.3 is 5.97 Å². The number of carbonyl (C=O) groups is 2. The molecule has 1 heterocycles. The fraction of sp³-hybridized carbons (Fsp3) is 0.556. The van der Waals surface area contributed by atoms with Crippen molar-refractivity contribution in [3.63, 3.8) is 0 Å². The van der Waals surface area contributed by atoms with Crippen molar-refractivity contribution in [2.45, 2.75) is 63.9 Å². The van der Waals surface area contributed by atoms with E-state index >= 15 is 0 Å². The van der Waals surface area contributed by atoms with Crippen molar-refractivity contribution in [3.8, 4) is 0 Å². The smallest absolute Gasteiger partial charge is 0.322 e. The van der Waals surface area contributed by atoms with E-state index in [2.05, 4.69) is 13.0 Å². The number of aryl methyl sites for hydroxylation is 2. The normalized spacial score (nSPS) is 24.4. The molecule has 1 saturated carbocycles. The Morgan fingerprint density at radius 1 is 1.19 bits per heavy atom. The minimum absolute atomic E-state index is 0.00856. The van der Waals surface area contributed by atoms with Crippen LogP contribution in [0.2, 0.25) is 0 Å². The van der Waals surface area contributed by atoms with Gasteiger partial charge in [0, 0.05) is 0 Å². The van der Waals surface area contributed by atoms with Crippen molar-refractivity contribution in [1.29, 1.82) is 0 Å². The van der Waals surface area contributed by atoms with Gasteiger partial charge in [0.25, 0.3) is 0 Å². The fourth-order valence-corrected chi connectivity index (χ4v) is 3.73. The third kappa shape index (κ3) is 2.29. The van der Waals surface area contributed by atoms with Gasteiger partial charge in [-0.3, -0.25) is 9.59 Å². The first-order chi connectivity index (χ1) is 10.1. The minimum Gasteiger partial charge on any atom is -0.450 e. The van der Waals surface area contributed by atoms with Crippen molar-refractivity contribution in [1.82, 2.24) is 0 Å². The number of benzene rings is 1. The Labute approximate surface area is 125 Å². The number of hydrogen-bond acceptors (Lipinski definition) is 3. The molecule has 1 atom stereocenters. The van der Waals surface area contributed by atoms with E-state index in [0.29, 0.717) is 12.8 Å². The Morgan fingerprint density at radius 2 is 1.90 bits per heavy atom. The molecule has 2 fully saturated rings. The molecule has 0 N–H and O–H groups in total. The van der Waals surface area contributed by atoms with Gasteiger partial charge in [0.2, 0.25) is 0 Å². The van der Waals surface area contributed by atoms with Crippen LogP contribution in [-0.2, 0) is 20.7 Å². The molecule has 0 bridgehead atoms. The van der Waals surface area contributed by atoms with Crippen molar-refractivity contribution in [3.05, 3.63) is 34.9 Å². The molecule has 3 nitrogen and oxygen atoms in total. The van der Waals surface area contributed by atoms with Gasteiger partial charge in [-0.05, 0) is 50.2 Å². The first-order valence-corrected chi connectivity index (χ1v) is 7.94. The summed E-state index contributed by atoms with van der Waals surface area (Å²) >= 11 is 0. The first kappa shape index (κ1) is 14.3. The zero-order valence-corrected chi connectivity index (χ0v) is 12.8. The first-order valence-electron chi connectivity index (χ1n) is 7.94. The van der Waals surface area contributed by atoms with E-state index in [1.54, 1.807) is 0 Å². The lowest BCUT2D eigenvalue weighted by Gasteiger charge is -2.29. The molecular weight excluding hydrogens is 264 g/mol. The molecule has 0 radical (unpaired) electrons. The van der Waals surface area contributed by atoms with E-state index in [-0.39, 0.29) is 11.8 Å². The van der Waals surface area contributed by atoms with E-state index in [9.17, 15) is 9.59 Å². The van der Waals surface area contributed by atoms with Crippen LogP contribution in [0.25, 0.3) is 0 Å². The van der Waals surface area contributed by atoms with Gasteiger partial charge in [-0.1, -0.05) is 37.1 Å². The number of esters is 1. The number of ketones is 1. The average Bonchev–Trinajstić information content (AvgIpc) is 2.71. The van der Waals surface area contributed by atoms with E-state index in [4.69, 9.17) is 4.74 Å². The molecule has 1 aromatic rings. The van der Waals surface area contributed by atoms with Crippen molar-refractivity contribution in [2.24, 2.45) is 0 Å². The van der Waals surface area contributed by atoms with Crippen LogP contribution in [0.15, 0.2) is 18.2 Å². The molecule has 3 heteroatoms. The van der Waals surface area contributed by atoms with Crippen molar-refractivity contribution in [2.75, 3.05) is 0 Å². The Bertz CT molecular complexity index is 582. The molecule has 0 aromatic heterocycles. The van der Waals surface area contributed by atoms with Gasteiger partial charge in [-0.2, -0.15) is 0 Å². The Balaban J connectivity index is 1.99. The van der Waals surface area contributed by atoms with Gasteiger partial charge in [0.15, 0.2) is 11.4 Å². The molecule has 1 saturated heterocycles. The second-order valence-electron chi connectivity index (χ2n) is 6.33. The highest BCUT2D eigenvalue weighted by Gasteiger charge is 2.55. The summed E-state index contributed by atoms with van der Waals surface area (Å²) in [6, 6.07) is 5.97. The van der Waals surface area contributed by atoms with Gasteiger partial charge in [-0.25, -0.2) is 0 Å². The number of Topliss-reactive ketones (excluding diaryl/α,β-unsaturated/α-hetero) is 1. The summed E-state index contributed by atoms with van der Waals surface area (Å²) in [7, 11) is 0. The third-order valence-corrected chi connectivity index (χ3v) is 4.89. The third-order valence-electron chi connectivity index (χ3n) is 4.89. The lowest BCUT2D eigenvalue weighted by atomic mass is 9.77. The van der Waals surface area contributed by atoms with E-state index in [1.165, 1.54) is 0 Å². The van der Waals surface area contributed by atoms with Crippen LogP contribution in [0.5, 0.6) is 0 Å². The van der Waals surface area contributed by atoms with Gasteiger partial charge in [0.1, 0.15) is 5.92 Å². The molecule has 21 heavy (non-hydrogen) atoms. The molecule has 2 aliphatic rings. The van der Waals surface area contributed by atoms with Crippen LogP contribution in [-0.4, -0.2) is 17.4 Å². The Kier molecular flexibility index (Phi) is 3.60. The van der Waals surface area contributed by atoms with E-state index in [1.807, 2.05) is 19.1 Å². The lowest BCUT2D eigenvalue weighted by molar-refractivity contribution is -0.154. The largest absolute Gasteiger partial charge is 0.450 e. The second kappa shape index (κ2) is 5.28. The zero-order chi connectivity index (χ0) is 15.0. The standard InChI is InChI=1S/C18H22O3/c1-3-13-11-12(2)7-8-14(13)15-16(19)18(21-17(15)20)9-5-4-6-10-18/h7-8,11,15H,3-6,9-10H2,1-2H3. The topological polar surface area (TPSA) is 43.4 Å². The molecule has 0 amide bonds. The van der Waals surface area contributed by atoms with Gasteiger partial charge in [-0.15, -0.1) is 0 Å². The molecule has 1 spiro atoms. The van der Waals surface area contributed by atoms with Gasteiger partial charge < -0.3 is 4.74 Å².